The summed E-state index contributed by atoms with van der Waals surface area (Å²) in [6, 6.07) is 6.71. The number of aryl methyl sites for hydroxylation is 2. The van der Waals surface area contributed by atoms with E-state index in [4.69, 9.17) is 0 Å². The Kier molecular flexibility index (Phi) is 3.66. The summed E-state index contributed by atoms with van der Waals surface area (Å²) in [4.78, 5) is 1.93. The average Bonchev–Trinajstić information content (AvgIpc) is 2.57. The van der Waals surface area contributed by atoms with Gasteiger partial charge < -0.3 is 5.11 Å². The fourth-order valence-corrected chi connectivity index (χ4v) is 3.17. The summed E-state index contributed by atoms with van der Waals surface area (Å²) in [5.74, 6) is -0.391. The fraction of sp³-hybridized carbons (Fsp3) is 0.231. The highest BCUT2D eigenvalue weighted by Gasteiger charge is 2.18. The van der Waals surface area contributed by atoms with E-state index in [0.717, 1.165) is 15.3 Å². The van der Waals surface area contributed by atoms with Gasteiger partial charge in [-0.2, -0.15) is 0 Å². The van der Waals surface area contributed by atoms with Crippen molar-refractivity contribution in [2.45, 2.75) is 20.0 Å². The van der Waals surface area contributed by atoms with Gasteiger partial charge in [0.05, 0.1) is 0 Å². The first kappa shape index (κ1) is 12.7. The molecule has 0 saturated heterocycles. The van der Waals surface area contributed by atoms with Crippen molar-refractivity contribution in [1.82, 2.24) is 0 Å². The Morgan fingerprint density at radius 1 is 1.29 bits per heavy atom. The van der Waals surface area contributed by atoms with Gasteiger partial charge in [0.2, 0.25) is 0 Å². The maximum Gasteiger partial charge on any atom is 0.130 e. The number of aliphatic hydroxyl groups is 1. The maximum absolute atomic E-state index is 13.7. The Morgan fingerprint density at radius 2 is 2.00 bits per heavy atom. The van der Waals surface area contributed by atoms with Gasteiger partial charge >= 0.3 is 0 Å². The van der Waals surface area contributed by atoms with Gasteiger partial charge in [-0.3, -0.25) is 0 Å². The van der Waals surface area contributed by atoms with Gasteiger partial charge in [-0.15, -0.1) is 11.3 Å². The van der Waals surface area contributed by atoms with Gasteiger partial charge in [0.15, 0.2) is 0 Å². The molecule has 2 aromatic rings. The van der Waals surface area contributed by atoms with E-state index in [-0.39, 0.29) is 0 Å². The fourth-order valence-electron chi connectivity index (χ4n) is 1.80. The average molecular weight is 315 g/mol. The minimum Gasteiger partial charge on any atom is -0.383 e. The summed E-state index contributed by atoms with van der Waals surface area (Å²) in [6.07, 6.45) is -0.887. The summed E-state index contributed by atoms with van der Waals surface area (Å²) >= 11 is 4.70. The lowest BCUT2D eigenvalue weighted by Crippen LogP contribution is -2.01. The highest BCUT2D eigenvalue weighted by Crippen LogP contribution is 2.33. The van der Waals surface area contributed by atoms with Crippen LogP contribution in [0.5, 0.6) is 0 Å². The van der Waals surface area contributed by atoms with E-state index in [0.29, 0.717) is 10.0 Å². The molecule has 0 bridgehead atoms. The number of benzene rings is 1. The van der Waals surface area contributed by atoms with Gasteiger partial charge in [-0.25, -0.2) is 4.39 Å². The zero-order chi connectivity index (χ0) is 12.6. The van der Waals surface area contributed by atoms with Gasteiger partial charge in [0.25, 0.3) is 0 Å². The molecule has 17 heavy (non-hydrogen) atoms. The van der Waals surface area contributed by atoms with E-state index >= 15 is 0 Å². The molecule has 2 rings (SSSR count). The molecule has 0 saturated carbocycles. The SMILES string of the molecule is Cc1cc(C)c(C(O)c2ccc(Br)cc2F)s1. The van der Waals surface area contributed by atoms with Crippen LogP contribution in [-0.2, 0) is 0 Å². The molecule has 1 heterocycles. The third kappa shape index (κ3) is 2.59. The van der Waals surface area contributed by atoms with E-state index < -0.39 is 11.9 Å². The minimum absolute atomic E-state index is 0.318. The van der Waals surface area contributed by atoms with E-state index in [1.165, 1.54) is 17.4 Å². The Morgan fingerprint density at radius 3 is 2.53 bits per heavy atom. The van der Waals surface area contributed by atoms with Crippen LogP contribution in [0.4, 0.5) is 4.39 Å². The molecule has 0 aliphatic heterocycles. The van der Waals surface area contributed by atoms with Crippen LogP contribution in [0.15, 0.2) is 28.7 Å². The molecule has 1 aromatic heterocycles. The minimum atomic E-state index is -0.887. The zero-order valence-corrected chi connectivity index (χ0v) is 11.9. The molecule has 0 radical (unpaired) electrons. The smallest absolute Gasteiger partial charge is 0.130 e. The summed E-state index contributed by atoms with van der Waals surface area (Å²) in [5.41, 5.74) is 1.32. The molecule has 0 spiro atoms. The van der Waals surface area contributed by atoms with Crippen molar-refractivity contribution in [2.24, 2.45) is 0 Å². The lowest BCUT2D eigenvalue weighted by molar-refractivity contribution is 0.218. The normalized spacial score (nSPS) is 12.8. The molecule has 4 heteroatoms. The van der Waals surface area contributed by atoms with Crippen molar-refractivity contribution in [1.29, 1.82) is 0 Å². The van der Waals surface area contributed by atoms with E-state index in [9.17, 15) is 9.50 Å². The predicted octanol–water partition coefficient (Wildman–Crippen LogP) is 4.35. The van der Waals surface area contributed by atoms with Crippen LogP contribution in [0.3, 0.4) is 0 Å². The van der Waals surface area contributed by atoms with Crippen molar-refractivity contribution >= 4 is 27.3 Å². The summed E-state index contributed by atoms with van der Waals surface area (Å²) in [5, 5.41) is 10.2. The molecule has 90 valence electrons. The van der Waals surface area contributed by atoms with Gasteiger partial charge in [-0.1, -0.05) is 22.0 Å². The monoisotopic (exact) mass is 314 g/mol. The highest BCUT2D eigenvalue weighted by atomic mass is 79.9. The number of hydrogen-bond acceptors (Lipinski definition) is 2. The topological polar surface area (TPSA) is 20.2 Å². The summed E-state index contributed by atoms with van der Waals surface area (Å²) in [6.45, 7) is 3.91. The van der Waals surface area contributed by atoms with E-state index in [2.05, 4.69) is 15.9 Å². The lowest BCUT2D eigenvalue weighted by atomic mass is 10.1. The van der Waals surface area contributed by atoms with Crippen molar-refractivity contribution in [2.75, 3.05) is 0 Å². The van der Waals surface area contributed by atoms with Crippen molar-refractivity contribution < 1.29 is 9.50 Å². The zero-order valence-electron chi connectivity index (χ0n) is 9.50. The number of rotatable bonds is 2. The van der Waals surface area contributed by atoms with Gasteiger partial charge in [0.1, 0.15) is 11.9 Å². The second-order valence-corrected chi connectivity index (χ2v) is 6.18. The second kappa shape index (κ2) is 4.88. The van der Waals surface area contributed by atoms with E-state index in [1.54, 1.807) is 12.1 Å². The van der Waals surface area contributed by atoms with Crippen LogP contribution in [0, 0.1) is 19.7 Å². The molecule has 0 amide bonds. The van der Waals surface area contributed by atoms with Crippen molar-refractivity contribution in [3.8, 4) is 0 Å². The molecule has 1 aromatic carbocycles. The van der Waals surface area contributed by atoms with Gasteiger partial charge in [0, 0.05) is 19.8 Å². The number of thiophene rings is 1. The molecule has 0 fully saturated rings. The quantitative estimate of drug-likeness (QED) is 0.873. The molecule has 1 N–H and O–H groups in total. The molecule has 1 atom stereocenters. The molecule has 0 aliphatic carbocycles. The molecular weight excluding hydrogens is 303 g/mol. The van der Waals surface area contributed by atoms with Crippen LogP contribution in [0.2, 0.25) is 0 Å². The Balaban J connectivity index is 2.43. The van der Waals surface area contributed by atoms with Crippen molar-refractivity contribution in [3.05, 3.63) is 55.4 Å². The highest BCUT2D eigenvalue weighted by molar-refractivity contribution is 9.10. The third-order valence-electron chi connectivity index (χ3n) is 2.58. The molecule has 1 unspecified atom stereocenters. The van der Waals surface area contributed by atoms with Gasteiger partial charge in [-0.05, 0) is 37.6 Å². The van der Waals surface area contributed by atoms with Crippen LogP contribution < -0.4 is 0 Å². The lowest BCUT2D eigenvalue weighted by Gasteiger charge is -2.11. The predicted molar refractivity (Wildman–Crippen MR) is 72.0 cm³/mol. The first-order valence-electron chi connectivity index (χ1n) is 5.19. The van der Waals surface area contributed by atoms with Crippen LogP contribution in [0.1, 0.15) is 27.0 Å². The Labute approximate surface area is 112 Å². The number of halogens is 2. The standard InChI is InChI=1S/C13H12BrFOS/c1-7-5-8(2)17-13(7)12(16)10-4-3-9(14)6-11(10)15/h3-6,12,16H,1-2H3. The van der Waals surface area contributed by atoms with Crippen molar-refractivity contribution in [3.63, 3.8) is 0 Å². The Hall–Kier alpha value is -0.710. The largest absolute Gasteiger partial charge is 0.383 e. The number of hydrogen-bond donors (Lipinski definition) is 1. The first-order valence-corrected chi connectivity index (χ1v) is 6.80. The second-order valence-electron chi connectivity index (χ2n) is 3.97. The summed E-state index contributed by atoms with van der Waals surface area (Å²) in [7, 11) is 0. The Bertz CT molecular complexity index is 550. The molecule has 1 nitrogen and oxygen atoms in total. The van der Waals surface area contributed by atoms with Crippen LogP contribution in [0.25, 0.3) is 0 Å². The third-order valence-corrected chi connectivity index (χ3v) is 4.28. The first-order chi connectivity index (χ1) is 7.99. The van der Waals surface area contributed by atoms with Crippen LogP contribution in [-0.4, -0.2) is 5.11 Å². The molecular formula is C13H12BrFOS. The molecule has 0 aliphatic rings. The summed E-state index contributed by atoms with van der Waals surface area (Å²) < 4.78 is 14.4. The maximum atomic E-state index is 13.7. The van der Waals surface area contributed by atoms with Crippen LogP contribution >= 0.6 is 27.3 Å². The van der Waals surface area contributed by atoms with E-state index in [1.807, 2.05) is 19.9 Å². The number of aliphatic hydroxyl groups excluding tert-OH is 1.